The molecular weight excluding hydrogens is 505 g/mol. The van der Waals surface area contributed by atoms with Crippen molar-refractivity contribution in [2.75, 3.05) is 31.6 Å². The molecule has 1 aromatic rings. The van der Waals surface area contributed by atoms with Crippen molar-refractivity contribution in [3.63, 3.8) is 0 Å². The summed E-state index contributed by atoms with van der Waals surface area (Å²) in [6.45, 7) is 4.10. The molecule has 0 aromatic heterocycles. The van der Waals surface area contributed by atoms with Gasteiger partial charge in [-0.2, -0.15) is 0 Å². The molecule has 5 nitrogen and oxygen atoms in total. The molecule has 1 aliphatic heterocycles. The van der Waals surface area contributed by atoms with Crippen molar-refractivity contribution in [1.29, 1.82) is 0 Å². The minimum absolute atomic E-state index is 0. The molecule has 1 atom stereocenters. The number of rotatable bonds is 5. The van der Waals surface area contributed by atoms with Crippen molar-refractivity contribution in [3.05, 3.63) is 34.3 Å². The Bertz CT molecular complexity index is 667. The van der Waals surface area contributed by atoms with Gasteiger partial charge in [-0.3, -0.25) is 4.99 Å². The molecule has 0 bridgehead atoms. The molecule has 2 rings (SSSR count). The molecule has 1 saturated heterocycles. The molecule has 0 spiro atoms. The molecule has 136 valence electrons. The highest BCUT2D eigenvalue weighted by Crippen LogP contribution is 2.19. The summed E-state index contributed by atoms with van der Waals surface area (Å²) in [6.07, 6.45) is 0.721. The number of aliphatic imine (C=N–C) groups is 1. The second kappa shape index (κ2) is 9.96. The molecule has 1 N–H and O–H groups in total. The lowest BCUT2D eigenvalue weighted by Crippen LogP contribution is -2.39. The van der Waals surface area contributed by atoms with E-state index in [1.807, 2.05) is 32.2 Å². The van der Waals surface area contributed by atoms with Gasteiger partial charge in [0.2, 0.25) is 0 Å². The van der Waals surface area contributed by atoms with Gasteiger partial charge in [0.05, 0.1) is 11.5 Å². The summed E-state index contributed by atoms with van der Waals surface area (Å²) in [7, 11) is -0.847. The summed E-state index contributed by atoms with van der Waals surface area (Å²) in [5.74, 6) is 1.53. The number of halogens is 2. The van der Waals surface area contributed by atoms with E-state index < -0.39 is 9.84 Å². The van der Waals surface area contributed by atoms with Crippen LogP contribution in [0.1, 0.15) is 18.9 Å². The summed E-state index contributed by atoms with van der Waals surface area (Å²) >= 11 is 3.56. The van der Waals surface area contributed by atoms with Crippen LogP contribution in [0.3, 0.4) is 0 Å². The van der Waals surface area contributed by atoms with E-state index in [1.165, 1.54) is 5.56 Å². The van der Waals surface area contributed by atoms with Gasteiger partial charge < -0.3 is 10.2 Å². The van der Waals surface area contributed by atoms with Crippen molar-refractivity contribution in [1.82, 2.24) is 10.2 Å². The van der Waals surface area contributed by atoms with Crippen LogP contribution in [0, 0.1) is 5.92 Å². The monoisotopic (exact) mass is 529 g/mol. The fourth-order valence-electron chi connectivity index (χ4n) is 2.66. The van der Waals surface area contributed by atoms with E-state index in [0.29, 0.717) is 12.3 Å². The summed E-state index contributed by atoms with van der Waals surface area (Å²) in [5, 5.41) is 3.28. The number of benzene rings is 1. The summed E-state index contributed by atoms with van der Waals surface area (Å²) in [4.78, 5) is 6.70. The number of guanidine groups is 1. The first-order valence-corrected chi connectivity index (χ1v) is 10.5. The Morgan fingerprint density at radius 2 is 2.12 bits per heavy atom. The lowest BCUT2D eigenvalue weighted by molar-refractivity contribution is 0.471. The van der Waals surface area contributed by atoms with Gasteiger partial charge in [-0.05, 0) is 30.9 Å². The number of hydrogen-bond donors (Lipinski definition) is 1. The van der Waals surface area contributed by atoms with Crippen molar-refractivity contribution >= 4 is 55.7 Å². The van der Waals surface area contributed by atoms with Crippen molar-refractivity contribution in [2.24, 2.45) is 10.9 Å². The quantitative estimate of drug-likeness (QED) is 0.362. The van der Waals surface area contributed by atoms with Crippen molar-refractivity contribution in [3.8, 4) is 0 Å². The first kappa shape index (κ1) is 21.7. The molecule has 24 heavy (non-hydrogen) atoms. The zero-order valence-corrected chi connectivity index (χ0v) is 18.8. The second-order valence-corrected chi connectivity index (χ2v) is 8.99. The molecule has 1 fully saturated rings. The molecule has 1 unspecified atom stereocenters. The molecule has 0 amide bonds. The summed E-state index contributed by atoms with van der Waals surface area (Å²) in [6, 6.07) is 8.11. The Kier molecular flexibility index (Phi) is 9.00. The maximum atomic E-state index is 11.5. The number of nitrogens with one attached hydrogen (secondary N) is 1. The topological polar surface area (TPSA) is 61.8 Å². The van der Waals surface area contributed by atoms with E-state index in [2.05, 4.69) is 37.2 Å². The first-order valence-electron chi connectivity index (χ1n) is 7.84. The third-order valence-corrected chi connectivity index (χ3v) is 6.50. The van der Waals surface area contributed by atoms with E-state index in [4.69, 9.17) is 0 Å². The highest BCUT2D eigenvalue weighted by Gasteiger charge is 2.27. The Labute approximate surface area is 170 Å². The van der Waals surface area contributed by atoms with E-state index >= 15 is 0 Å². The van der Waals surface area contributed by atoms with Crippen LogP contribution in [0.5, 0.6) is 0 Å². The van der Waals surface area contributed by atoms with Gasteiger partial charge in [0.15, 0.2) is 15.8 Å². The average molecular weight is 530 g/mol. The highest BCUT2D eigenvalue weighted by atomic mass is 127. The van der Waals surface area contributed by atoms with Crippen LogP contribution in [0.2, 0.25) is 0 Å². The van der Waals surface area contributed by atoms with Crippen molar-refractivity contribution in [2.45, 2.75) is 19.9 Å². The van der Waals surface area contributed by atoms with Gasteiger partial charge in [0.1, 0.15) is 0 Å². The van der Waals surface area contributed by atoms with Gasteiger partial charge in [0.25, 0.3) is 0 Å². The predicted octanol–water partition coefficient (Wildman–Crippen LogP) is 2.90. The van der Waals surface area contributed by atoms with Crippen LogP contribution >= 0.6 is 39.9 Å². The van der Waals surface area contributed by atoms with Crippen LogP contribution in [0.15, 0.2) is 33.7 Å². The van der Waals surface area contributed by atoms with Crippen LogP contribution in [-0.2, 0) is 16.4 Å². The Morgan fingerprint density at radius 3 is 2.71 bits per heavy atom. The van der Waals surface area contributed by atoms with Gasteiger partial charge in [-0.1, -0.05) is 34.1 Å². The predicted molar refractivity (Wildman–Crippen MR) is 114 cm³/mol. The minimum atomic E-state index is -2.84. The molecule has 0 radical (unpaired) electrons. The van der Waals surface area contributed by atoms with Gasteiger partial charge in [-0.25, -0.2) is 8.42 Å². The molecule has 0 saturated carbocycles. The molecule has 0 aliphatic carbocycles. The van der Waals surface area contributed by atoms with Crippen molar-refractivity contribution < 1.29 is 8.42 Å². The van der Waals surface area contributed by atoms with Crippen LogP contribution < -0.4 is 5.32 Å². The number of hydrogen-bond acceptors (Lipinski definition) is 3. The fraction of sp³-hybridized carbons (Fsp3) is 0.562. The van der Waals surface area contributed by atoms with Crippen LogP contribution in [0.25, 0.3) is 0 Å². The average Bonchev–Trinajstić information content (AvgIpc) is 2.85. The molecular formula is C16H25BrIN3O2S. The Morgan fingerprint density at radius 1 is 1.42 bits per heavy atom. The lowest BCUT2D eigenvalue weighted by Gasteiger charge is -2.23. The maximum absolute atomic E-state index is 11.5. The number of nitrogens with zero attached hydrogens (tertiary/aromatic N) is 2. The smallest absolute Gasteiger partial charge is 0.193 e. The highest BCUT2D eigenvalue weighted by molar-refractivity contribution is 14.0. The van der Waals surface area contributed by atoms with Crippen LogP contribution in [-0.4, -0.2) is 50.9 Å². The normalized spacial score (nSPS) is 19.6. The third-order valence-electron chi connectivity index (χ3n) is 3.89. The molecule has 8 heteroatoms. The van der Waals surface area contributed by atoms with Gasteiger partial charge in [0, 0.05) is 31.2 Å². The van der Waals surface area contributed by atoms with Gasteiger partial charge >= 0.3 is 0 Å². The van der Waals surface area contributed by atoms with E-state index in [0.717, 1.165) is 29.9 Å². The van der Waals surface area contributed by atoms with Crippen LogP contribution in [0.4, 0.5) is 0 Å². The zero-order valence-electron chi connectivity index (χ0n) is 14.0. The molecule has 1 aliphatic rings. The number of sulfone groups is 1. The molecule has 1 aromatic carbocycles. The Hall–Kier alpha value is -0.350. The third kappa shape index (κ3) is 6.51. The lowest BCUT2D eigenvalue weighted by atomic mass is 10.1. The summed E-state index contributed by atoms with van der Waals surface area (Å²) < 4.78 is 24.2. The molecule has 1 heterocycles. The van der Waals surface area contributed by atoms with E-state index in [-0.39, 0.29) is 35.6 Å². The SMILES string of the molecule is CCNC(=NCC1CCS(=O)(=O)C1)N(C)Cc1ccccc1Br.I. The second-order valence-electron chi connectivity index (χ2n) is 5.91. The standard InChI is InChI=1S/C16H24BrN3O2S.HI/c1-3-18-16(19-10-13-8-9-23(21,22)12-13)20(2)11-14-6-4-5-7-15(14)17;/h4-7,13H,3,8-12H2,1-2H3,(H,18,19);1H. The van der Waals surface area contributed by atoms with E-state index in [9.17, 15) is 8.42 Å². The minimum Gasteiger partial charge on any atom is -0.357 e. The zero-order chi connectivity index (χ0) is 16.9. The van der Waals surface area contributed by atoms with Gasteiger partial charge in [-0.15, -0.1) is 24.0 Å². The summed E-state index contributed by atoms with van der Waals surface area (Å²) in [5.41, 5.74) is 1.18. The van der Waals surface area contributed by atoms with E-state index in [1.54, 1.807) is 0 Å². The first-order chi connectivity index (χ1) is 10.9. The largest absolute Gasteiger partial charge is 0.357 e. The fourth-order valence-corrected chi connectivity index (χ4v) is 4.92. The Balaban J connectivity index is 0.00000288. The maximum Gasteiger partial charge on any atom is 0.193 e.